The van der Waals surface area contributed by atoms with E-state index in [1.807, 2.05) is 6.92 Å². The Labute approximate surface area is 78.4 Å². The first kappa shape index (κ1) is 9.16. The zero-order chi connectivity index (χ0) is 9.14. The summed E-state index contributed by atoms with van der Waals surface area (Å²) in [6, 6.07) is 0. The molecule has 0 saturated carbocycles. The highest BCUT2D eigenvalue weighted by molar-refractivity contribution is 9.10. The SMILES string of the molecule is CCc1nn(C)c(N=C=O)c1Br. The van der Waals surface area contributed by atoms with Crippen molar-refractivity contribution in [2.45, 2.75) is 13.3 Å². The number of hydrogen-bond donors (Lipinski definition) is 0. The summed E-state index contributed by atoms with van der Waals surface area (Å²) in [5, 5.41) is 4.14. The number of rotatable bonds is 2. The lowest BCUT2D eigenvalue weighted by molar-refractivity contribution is 0.564. The fourth-order valence-corrected chi connectivity index (χ4v) is 1.64. The van der Waals surface area contributed by atoms with Gasteiger partial charge in [0.25, 0.3) is 0 Å². The van der Waals surface area contributed by atoms with Crippen molar-refractivity contribution in [3.05, 3.63) is 10.2 Å². The molecule has 0 saturated heterocycles. The molecule has 0 amide bonds. The number of aryl methyl sites for hydroxylation is 2. The third-order valence-corrected chi connectivity index (χ3v) is 2.33. The van der Waals surface area contributed by atoms with Crippen LogP contribution in [0.5, 0.6) is 0 Å². The second-order valence-corrected chi connectivity index (χ2v) is 3.06. The van der Waals surface area contributed by atoms with Crippen molar-refractivity contribution in [2.75, 3.05) is 0 Å². The molecule has 0 spiro atoms. The molecular weight excluding hydrogens is 222 g/mol. The lowest BCUT2D eigenvalue weighted by Gasteiger charge is -1.89. The van der Waals surface area contributed by atoms with E-state index >= 15 is 0 Å². The molecule has 5 heteroatoms. The average molecular weight is 230 g/mol. The van der Waals surface area contributed by atoms with Crippen molar-refractivity contribution in [1.29, 1.82) is 0 Å². The number of carbonyl (C=O) groups excluding carboxylic acids is 1. The summed E-state index contributed by atoms with van der Waals surface area (Å²) < 4.78 is 2.32. The van der Waals surface area contributed by atoms with Gasteiger partial charge in [-0.1, -0.05) is 6.92 Å². The predicted molar refractivity (Wildman–Crippen MR) is 48.1 cm³/mol. The van der Waals surface area contributed by atoms with E-state index in [0.717, 1.165) is 16.6 Å². The van der Waals surface area contributed by atoms with Gasteiger partial charge in [-0.2, -0.15) is 5.10 Å². The van der Waals surface area contributed by atoms with E-state index in [9.17, 15) is 4.79 Å². The second-order valence-electron chi connectivity index (χ2n) is 2.26. The van der Waals surface area contributed by atoms with Crippen molar-refractivity contribution in [1.82, 2.24) is 9.78 Å². The van der Waals surface area contributed by atoms with Gasteiger partial charge in [-0.05, 0) is 22.4 Å². The van der Waals surface area contributed by atoms with Gasteiger partial charge in [-0.25, -0.2) is 9.48 Å². The minimum absolute atomic E-state index is 0.516. The maximum Gasteiger partial charge on any atom is 0.242 e. The van der Waals surface area contributed by atoms with Crippen LogP contribution in [-0.4, -0.2) is 15.9 Å². The van der Waals surface area contributed by atoms with Crippen molar-refractivity contribution in [3.8, 4) is 0 Å². The predicted octanol–water partition coefficient (Wildman–Crippen LogP) is 1.71. The van der Waals surface area contributed by atoms with E-state index in [0.29, 0.717) is 5.82 Å². The van der Waals surface area contributed by atoms with Crippen LogP contribution in [0.4, 0.5) is 5.82 Å². The summed E-state index contributed by atoms with van der Waals surface area (Å²) in [6.45, 7) is 1.99. The largest absolute Gasteiger partial charge is 0.249 e. The fourth-order valence-electron chi connectivity index (χ4n) is 0.934. The zero-order valence-corrected chi connectivity index (χ0v) is 8.42. The van der Waals surface area contributed by atoms with E-state index in [2.05, 4.69) is 26.0 Å². The lowest BCUT2D eigenvalue weighted by atomic mass is 10.3. The molecule has 1 aromatic heterocycles. The average Bonchev–Trinajstić information content (AvgIpc) is 2.32. The second kappa shape index (κ2) is 3.65. The molecule has 0 atom stereocenters. The Kier molecular flexibility index (Phi) is 2.78. The number of halogens is 1. The molecule has 0 radical (unpaired) electrons. The molecule has 0 aliphatic carbocycles. The van der Waals surface area contributed by atoms with E-state index in [1.165, 1.54) is 6.08 Å². The third-order valence-electron chi connectivity index (χ3n) is 1.51. The molecule has 1 heterocycles. The number of aromatic nitrogens is 2. The molecular formula is C7H8BrN3O. The van der Waals surface area contributed by atoms with Gasteiger partial charge in [-0.15, -0.1) is 4.99 Å². The van der Waals surface area contributed by atoms with Gasteiger partial charge >= 0.3 is 0 Å². The van der Waals surface area contributed by atoms with Gasteiger partial charge in [0.15, 0.2) is 5.82 Å². The molecule has 0 N–H and O–H groups in total. The van der Waals surface area contributed by atoms with E-state index in [-0.39, 0.29) is 0 Å². The summed E-state index contributed by atoms with van der Waals surface area (Å²) in [5.74, 6) is 0.516. The van der Waals surface area contributed by atoms with Gasteiger partial charge in [-0.3, -0.25) is 0 Å². The third kappa shape index (κ3) is 1.47. The van der Waals surface area contributed by atoms with E-state index < -0.39 is 0 Å². The molecule has 0 bridgehead atoms. The summed E-state index contributed by atoms with van der Waals surface area (Å²) in [6.07, 6.45) is 2.30. The number of aliphatic imine (C=N–C) groups is 1. The van der Waals surface area contributed by atoms with Crippen molar-refractivity contribution >= 4 is 27.8 Å². The molecule has 0 unspecified atom stereocenters. The van der Waals surface area contributed by atoms with Gasteiger partial charge in [0.05, 0.1) is 10.2 Å². The summed E-state index contributed by atoms with van der Waals surface area (Å²) in [7, 11) is 1.74. The Hall–Kier alpha value is -0.930. The molecule has 12 heavy (non-hydrogen) atoms. The van der Waals surface area contributed by atoms with Crippen LogP contribution in [0.1, 0.15) is 12.6 Å². The first-order valence-corrected chi connectivity index (χ1v) is 4.29. The van der Waals surface area contributed by atoms with E-state index in [1.54, 1.807) is 11.7 Å². The molecule has 0 fully saturated rings. The van der Waals surface area contributed by atoms with Crippen LogP contribution in [0.3, 0.4) is 0 Å². The Bertz CT molecular complexity index is 339. The topological polar surface area (TPSA) is 47.2 Å². The zero-order valence-electron chi connectivity index (χ0n) is 6.83. The fraction of sp³-hybridized carbons (Fsp3) is 0.429. The minimum Gasteiger partial charge on any atom is -0.249 e. The Morgan fingerprint density at radius 3 is 2.83 bits per heavy atom. The van der Waals surface area contributed by atoms with Gasteiger partial charge in [0.2, 0.25) is 6.08 Å². The quantitative estimate of drug-likeness (QED) is 0.573. The van der Waals surface area contributed by atoms with Crippen LogP contribution in [0.15, 0.2) is 9.47 Å². The Morgan fingerprint density at radius 2 is 2.42 bits per heavy atom. The lowest BCUT2D eigenvalue weighted by Crippen LogP contribution is -1.90. The molecule has 0 aromatic carbocycles. The molecule has 4 nitrogen and oxygen atoms in total. The van der Waals surface area contributed by atoms with Crippen LogP contribution in [0.25, 0.3) is 0 Å². The molecule has 0 aliphatic heterocycles. The van der Waals surface area contributed by atoms with Crippen LogP contribution in [0.2, 0.25) is 0 Å². The number of isocyanates is 1. The van der Waals surface area contributed by atoms with Crippen molar-refractivity contribution < 1.29 is 4.79 Å². The number of hydrogen-bond acceptors (Lipinski definition) is 3. The maximum atomic E-state index is 10.0. The normalized spacial score (nSPS) is 9.58. The summed E-state index contributed by atoms with van der Waals surface area (Å²) in [4.78, 5) is 13.5. The van der Waals surface area contributed by atoms with Gasteiger partial charge in [0, 0.05) is 7.05 Å². The van der Waals surface area contributed by atoms with Crippen molar-refractivity contribution in [3.63, 3.8) is 0 Å². The number of nitrogens with zero attached hydrogens (tertiary/aromatic N) is 3. The highest BCUT2D eigenvalue weighted by atomic mass is 79.9. The Balaban J connectivity index is 3.27. The first-order valence-electron chi connectivity index (χ1n) is 3.50. The Morgan fingerprint density at radius 1 is 1.75 bits per heavy atom. The van der Waals surface area contributed by atoms with Crippen LogP contribution >= 0.6 is 15.9 Å². The summed E-state index contributed by atoms with van der Waals surface area (Å²) in [5.41, 5.74) is 0.895. The smallest absolute Gasteiger partial charge is 0.242 e. The van der Waals surface area contributed by atoms with Crippen LogP contribution < -0.4 is 0 Å². The van der Waals surface area contributed by atoms with Crippen LogP contribution in [-0.2, 0) is 18.3 Å². The minimum atomic E-state index is 0.516. The highest BCUT2D eigenvalue weighted by Gasteiger charge is 2.10. The van der Waals surface area contributed by atoms with Gasteiger partial charge < -0.3 is 0 Å². The first-order chi connectivity index (χ1) is 5.70. The molecule has 1 aromatic rings. The molecule has 64 valence electrons. The van der Waals surface area contributed by atoms with Crippen LogP contribution in [0, 0.1) is 0 Å². The summed E-state index contributed by atoms with van der Waals surface area (Å²) >= 11 is 3.31. The standard InChI is InChI=1S/C7H8BrN3O/c1-3-5-6(8)7(9-4-12)11(2)10-5/h3H2,1-2H3. The molecule has 1 rings (SSSR count). The van der Waals surface area contributed by atoms with Crippen molar-refractivity contribution in [2.24, 2.45) is 12.0 Å². The maximum absolute atomic E-state index is 10.0. The molecule has 0 aliphatic rings. The monoisotopic (exact) mass is 229 g/mol. The van der Waals surface area contributed by atoms with E-state index in [4.69, 9.17) is 0 Å². The highest BCUT2D eigenvalue weighted by Crippen LogP contribution is 2.27. The van der Waals surface area contributed by atoms with Gasteiger partial charge in [0.1, 0.15) is 0 Å².